The van der Waals surface area contributed by atoms with Crippen LogP contribution in [0.5, 0.6) is 5.75 Å². The van der Waals surface area contributed by atoms with E-state index < -0.39 is 37.7 Å². The number of pyridine rings is 1. The first-order chi connectivity index (χ1) is 29.6. The van der Waals surface area contributed by atoms with Crippen LogP contribution < -0.4 is 10.9 Å². The number of hydrogen-bond acceptors (Lipinski definition) is 9. The van der Waals surface area contributed by atoms with Gasteiger partial charge in [0.1, 0.15) is 11.4 Å². The molecule has 6 aromatic rings. The molecule has 2 heterocycles. The minimum absolute atomic E-state index is 0.0789. The molecule has 0 aliphatic carbocycles. The van der Waals surface area contributed by atoms with Crippen molar-refractivity contribution in [2.75, 3.05) is 6.54 Å². The Balaban J connectivity index is 1.19. The molecule has 63 heavy (non-hydrogen) atoms. The summed E-state index contributed by atoms with van der Waals surface area (Å²) in [7, 11) is -2.48. The van der Waals surface area contributed by atoms with Gasteiger partial charge < -0.3 is 39.7 Å². The number of aliphatic carboxylic acids is 1. The molecular weight excluding hydrogens is 835 g/mol. The van der Waals surface area contributed by atoms with E-state index >= 15 is 0 Å². The van der Waals surface area contributed by atoms with E-state index in [1.54, 1.807) is 111 Å². The maximum Gasteiger partial charge on any atom is 0.410 e. The van der Waals surface area contributed by atoms with Crippen molar-refractivity contribution in [1.29, 1.82) is 0 Å². The molecule has 0 unspecified atom stereocenters. The highest BCUT2D eigenvalue weighted by atomic mass is 32.1. The first-order valence-corrected chi connectivity index (χ1v) is 24.4. The van der Waals surface area contributed by atoms with Crippen molar-refractivity contribution in [3.05, 3.63) is 158 Å². The molecule has 0 bridgehead atoms. The van der Waals surface area contributed by atoms with Crippen molar-refractivity contribution in [3.8, 4) is 16.2 Å². The fourth-order valence-corrected chi connectivity index (χ4v) is 9.08. The quantitative estimate of drug-likeness (QED) is 0.0666. The summed E-state index contributed by atoms with van der Waals surface area (Å²) in [4.78, 5) is 58.0. The van der Waals surface area contributed by atoms with E-state index in [4.69, 9.17) is 9.16 Å². The number of rotatable bonds is 14. The maximum absolute atomic E-state index is 14.0. The van der Waals surface area contributed by atoms with Crippen LogP contribution in [0.1, 0.15) is 85.1 Å². The van der Waals surface area contributed by atoms with Gasteiger partial charge in [-0.1, -0.05) is 87.5 Å². The summed E-state index contributed by atoms with van der Waals surface area (Å²) in [6.45, 7) is 16.5. The molecule has 4 aromatic carbocycles. The summed E-state index contributed by atoms with van der Waals surface area (Å²) >= 11 is 1.44. The fourth-order valence-electron chi connectivity index (χ4n) is 6.87. The van der Waals surface area contributed by atoms with Gasteiger partial charge in [-0.3, -0.25) is 9.59 Å². The number of carboxylic acid groups (broad SMARTS) is 1. The lowest BCUT2D eigenvalue weighted by Gasteiger charge is -2.41. The van der Waals surface area contributed by atoms with Gasteiger partial charge in [-0.15, -0.1) is 11.3 Å². The lowest BCUT2D eigenvalue weighted by Crippen LogP contribution is -2.45. The van der Waals surface area contributed by atoms with Crippen molar-refractivity contribution in [3.63, 3.8) is 0 Å². The van der Waals surface area contributed by atoms with Gasteiger partial charge in [-0.05, 0) is 104 Å². The minimum Gasteiger partial charge on any atom is -0.506 e. The molecule has 2 amide bonds. The Morgan fingerprint density at radius 2 is 1.52 bits per heavy atom. The molecule has 2 atom stereocenters. The Morgan fingerprint density at radius 3 is 2.17 bits per heavy atom. The van der Waals surface area contributed by atoms with E-state index in [1.807, 2.05) is 18.2 Å². The second-order valence-electron chi connectivity index (χ2n) is 18.1. The van der Waals surface area contributed by atoms with E-state index in [-0.39, 0.29) is 58.5 Å². The lowest BCUT2D eigenvalue weighted by molar-refractivity contribution is -0.155. The third-order valence-corrected chi connectivity index (χ3v) is 16.9. The number of ether oxygens (including phenoxy) is 1. The van der Waals surface area contributed by atoms with Crippen LogP contribution in [0.15, 0.2) is 120 Å². The average molecular weight is 890 g/mol. The van der Waals surface area contributed by atoms with Gasteiger partial charge in [0.25, 0.3) is 5.91 Å². The number of phenolic OH excluding ortho intramolecular Hbond substituents is 1. The molecule has 0 spiro atoms. The number of phenols is 1. The van der Waals surface area contributed by atoms with Crippen LogP contribution in [0.3, 0.4) is 0 Å². The van der Waals surface area contributed by atoms with Crippen molar-refractivity contribution >= 4 is 48.5 Å². The van der Waals surface area contributed by atoms with E-state index in [1.165, 1.54) is 23.5 Å². The number of nitrogens with one attached hydrogen (secondary N) is 2. The Labute approximate surface area is 372 Å². The lowest BCUT2D eigenvalue weighted by atomic mass is 9.85. The van der Waals surface area contributed by atoms with E-state index in [0.717, 1.165) is 20.9 Å². The van der Waals surface area contributed by atoms with Crippen LogP contribution in [0.2, 0.25) is 18.1 Å². The zero-order valence-corrected chi connectivity index (χ0v) is 38.6. The number of fused-ring (bicyclic) bond motifs is 1. The minimum atomic E-state index is -2.48. The number of aromatic amines is 1. The van der Waals surface area contributed by atoms with Crippen molar-refractivity contribution in [2.45, 2.75) is 90.1 Å². The first kappa shape index (κ1) is 46.4. The van der Waals surface area contributed by atoms with Gasteiger partial charge in [0.05, 0.1) is 24.7 Å². The molecule has 12 nitrogen and oxygen atoms in total. The molecule has 2 aromatic heterocycles. The van der Waals surface area contributed by atoms with Crippen molar-refractivity contribution < 1.29 is 38.9 Å². The summed E-state index contributed by atoms with van der Waals surface area (Å²) in [5, 5.41) is 35.5. The predicted molar refractivity (Wildman–Crippen MR) is 248 cm³/mol. The number of carbonyl (C=O) groups is 3. The number of aromatic hydroxyl groups is 1. The third-order valence-electron chi connectivity index (χ3n) is 11.3. The Morgan fingerprint density at radius 1 is 0.841 bits per heavy atom. The van der Waals surface area contributed by atoms with Crippen molar-refractivity contribution in [2.24, 2.45) is 0 Å². The summed E-state index contributed by atoms with van der Waals surface area (Å²) in [5.74, 6) is -1.75. The van der Waals surface area contributed by atoms with Crippen molar-refractivity contribution in [1.82, 2.24) is 15.2 Å². The number of benzene rings is 4. The van der Waals surface area contributed by atoms with Crippen LogP contribution in [0.25, 0.3) is 21.3 Å². The third kappa shape index (κ3) is 10.8. The molecule has 0 radical (unpaired) electrons. The number of amides is 2. The maximum atomic E-state index is 14.0. The summed E-state index contributed by atoms with van der Waals surface area (Å²) in [6, 6.07) is 32.2. The Hall–Kier alpha value is -6.06. The van der Waals surface area contributed by atoms with Crippen LogP contribution >= 0.6 is 11.3 Å². The van der Waals surface area contributed by atoms with Gasteiger partial charge in [-0.2, -0.15) is 0 Å². The Kier molecular flexibility index (Phi) is 13.5. The molecule has 6 rings (SSSR count). The highest BCUT2D eigenvalue weighted by molar-refractivity contribution is 7.15. The number of aromatic nitrogens is 1. The zero-order valence-electron chi connectivity index (χ0n) is 36.8. The van der Waals surface area contributed by atoms with Crippen LogP contribution in [0.4, 0.5) is 4.79 Å². The topological polar surface area (TPSA) is 178 Å². The summed E-state index contributed by atoms with van der Waals surface area (Å²) in [5.41, 5.74) is -0.0378. The van der Waals surface area contributed by atoms with Gasteiger partial charge in [0.15, 0.2) is 8.32 Å². The molecule has 14 heteroatoms. The largest absolute Gasteiger partial charge is 0.506 e. The number of H-pyrrole nitrogens is 1. The number of aliphatic hydroxyl groups is 1. The zero-order chi connectivity index (χ0) is 45.9. The molecule has 5 N–H and O–H groups in total. The molecular formula is C49H55N3O9SSi. The van der Waals surface area contributed by atoms with Gasteiger partial charge in [-0.25, -0.2) is 9.59 Å². The number of carboxylic acids is 1. The average Bonchev–Trinajstić information content (AvgIpc) is 3.71. The van der Waals surface area contributed by atoms with E-state index in [0.29, 0.717) is 16.5 Å². The molecule has 330 valence electrons. The molecule has 0 aliphatic rings. The number of hydrogen-bond donors (Lipinski definition) is 5. The summed E-state index contributed by atoms with van der Waals surface area (Å²) in [6.07, 6.45) is -1.22. The standard InChI is InChI=1S/C49H55N3O9SSi/c1-47(2,3)60-46(58)52(30-40(61-63(7,8)48(4,5)6)37-22-24-39(53)43-38(37)23-26-42(54)51-43)29-31-17-19-32(20-18-31)44(55)50-28-36-21-25-41(62-36)33-13-12-16-35(27-33)49(59,45(56)57)34-14-10-9-11-15-34/h9-27,40,53,59H,28-30H2,1-8H3,(H,50,55)(H,51,54)(H,56,57)/t40-,49-/m0/s1. The number of nitrogens with zero attached hydrogens (tertiary/aromatic N) is 1. The van der Waals surface area contributed by atoms with Gasteiger partial charge in [0, 0.05) is 38.9 Å². The molecule has 0 aliphatic heterocycles. The second kappa shape index (κ2) is 18.3. The molecule has 0 fully saturated rings. The molecule has 0 saturated carbocycles. The second-order valence-corrected chi connectivity index (χ2v) is 24.0. The van der Waals surface area contributed by atoms with Gasteiger partial charge in [0.2, 0.25) is 11.2 Å². The smallest absolute Gasteiger partial charge is 0.410 e. The normalized spacial score (nSPS) is 13.5. The monoisotopic (exact) mass is 889 g/mol. The SMILES string of the molecule is CC(C)(C)OC(=O)N(Cc1ccc(C(=O)NCc2ccc(-c3cccc([C@](O)(C(=O)O)c4ccccc4)c3)s2)cc1)C[C@H](O[Si](C)(C)C(C)(C)C)c1ccc(O)c2[nH]c(=O)ccc12. The number of thiophene rings is 1. The number of carbonyl (C=O) groups excluding carboxylic acids is 2. The van der Waals surface area contributed by atoms with Crippen LogP contribution in [-0.4, -0.2) is 63.6 Å². The predicted octanol–water partition coefficient (Wildman–Crippen LogP) is 9.71. The van der Waals surface area contributed by atoms with Crippen LogP contribution in [0, 0.1) is 0 Å². The van der Waals surface area contributed by atoms with Gasteiger partial charge >= 0.3 is 12.1 Å². The van der Waals surface area contributed by atoms with E-state index in [9.17, 15) is 34.5 Å². The van der Waals surface area contributed by atoms with E-state index in [2.05, 4.69) is 44.2 Å². The fraction of sp³-hybridized carbons (Fsp3) is 0.306. The summed E-state index contributed by atoms with van der Waals surface area (Å²) < 4.78 is 12.9. The first-order valence-electron chi connectivity index (χ1n) is 20.6. The Bertz CT molecular complexity index is 2670. The highest BCUT2D eigenvalue weighted by Gasteiger charge is 2.42. The molecule has 0 saturated heterocycles. The van der Waals surface area contributed by atoms with Crippen LogP contribution in [-0.2, 0) is 32.6 Å². The highest BCUT2D eigenvalue weighted by Crippen LogP contribution is 2.42.